The summed E-state index contributed by atoms with van der Waals surface area (Å²) in [5.74, 6) is -0.237. The summed E-state index contributed by atoms with van der Waals surface area (Å²) >= 11 is 0. The number of carbonyl (C=O) groups excluding carboxylic acids is 2. The summed E-state index contributed by atoms with van der Waals surface area (Å²) in [6.07, 6.45) is -4.44. The SMILES string of the molecule is CCN(CC(=O)Nc1ccccc1OC)C(C)C(=O)Nc1ccc(C(F)(F)F)cc1. The molecule has 2 amide bonds. The third-order valence-electron chi connectivity index (χ3n) is 4.54. The van der Waals surface area contributed by atoms with Gasteiger partial charge in [0.1, 0.15) is 5.75 Å². The van der Waals surface area contributed by atoms with Crippen molar-refractivity contribution < 1.29 is 27.5 Å². The number of hydrogen-bond acceptors (Lipinski definition) is 4. The lowest BCUT2D eigenvalue weighted by atomic mass is 10.2. The van der Waals surface area contributed by atoms with E-state index in [4.69, 9.17) is 4.74 Å². The van der Waals surface area contributed by atoms with Gasteiger partial charge in [0.15, 0.2) is 0 Å². The molecule has 2 aromatic rings. The molecule has 0 aromatic heterocycles. The van der Waals surface area contributed by atoms with Crippen LogP contribution in [0.25, 0.3) is 0 Å². The zero-order chi connectivity index (χ0) is 22.3. The molecular formula is C21H24F3N3O3. The topological polar surface area (TPSA) is 70.7 Å². The van der Waals surface area contributed by atoms with Gasteiger partial charge >= 0.3 is 6.18 Å². The Kier molecular flexibility index (Phi) is 7.82. The molecule has 2 rings (SSSR count). The molecule has 0 heterocycles. The van der Waals surface area contributed by atoms with E-state index in [1.54, 1.807) is 43.0 Å². The number of anilines is 2. The van der Waals surface area contributed by atoms with Crippen molar-refractivity contribution in [3.8, 4) is 5.75 Å². The maximum absolute atomic E-state index is 12.6. The number of para-hydroxylation sites is 2. The number of halogens is 3. The van der Waals surface area contributed by atoms with Gasteiger partial charge in [-0.2, -0.15) is 13.2 Å². The van der Waals surface area contributed by atoms with E-state index in [1.807, 2.05) is 0 Å². The lowest BCUT2D eigenvalue weighted by molar-refractivity contribution is -0.137. The van der Waals surface area contributed by atoms with E-state index in [2.05, 4.69) is 10.6 Å². The van der Waals surface area contributed by atoms with E-state index < -0.39 is 23.7 Å². The fourth-order valence-electron chi connectivity index (χ4n) is 2.80. The van der Waals surface area contributed by atoms with Gasteiger partial charge in [-0.25, -0.2) is 0 Å². The van der Waals surface area contributed by atoms with E-state index in [1.165, 1.54) is 19.2 Å². The number of nitrogens with zero attached hydrogens (tertiary/aromatic N) is 1. The molecule has 0 aliphatic heterocycles. The normalized spacial score (nSPS) is 12.4. The molecule has 0 spiro atoms. The fraction of sp³-hybridized carbons (Fsp3) is 0.333. The summed E-state index contributed by atoms with van der Waals surface area (Å²) in [6.45, 7) is 3.80. The first kappa shape index (κ1) is 23.2. The van der Waals surface area contributed by atoms with Crippen molar-refractivity contribution in [2.24, 2.45) is 0 Å². The number of alkyl halides is 3. The van der Waals surface area contributed by atoms with Gasteiger partial charge in [-0.3, -0.25) is 14.5 Å². The van der Waals surface area contributed by atoms with Crippen LogP contribution >= 0.6 is 0 Å². The van der Waals surface area contributed by atoms with Crippen LogP contribution < -0.4 is 15.4 Å². The Balaban J connectivity index is 1.98. The number of amides is 2. The van der Waals surface area contributed by atoms with E-state index in [-0.39, 0.29) is 18.1 Å². The van der Waals surface area contributed by atoms with Crippen LogP contribution in [0.4, 0.5) is 24.5 Å². The highest BCUT2D eigenvalue weighted by Crippen LogP contribution is 2.29. The molecule has 0 radical (unpaired) electrons. The van der Waals surface area contributed by atoms with Gasteiger partial charge in [0, 0.05) is 5.69 Å². The van der Waals surface area contributed by atoms with E-state index in [0.29, 0.717) is 18.0 Å². The Morgan fingerprint density at radius 3 is 2.27 bits per heavy atom. The van der Waals surface area contributed by atoms with Gasteiger partial charge in [0.25, 0.3) is 0 Å². The average molecular weight is 423 g/mol. The smallest absolute Gasteiger partial charge is 0.416 e. The quantitative estimate of drug-likeness (QED) is 0.673. The number of hydrogen-bond donors (Lipinski definition) is 2. The average Bonchev–Trinajstić information content (AvgIpc) is 2.71. The highest BCUT2D eigenvalue weighted by Gasteiger charge is 2.30. The molecule has 9 heteroatoms. The third kappa shape index (κ3) is 6.21. The van der Waals surface area contributed by atoms with Crippen LogP contribution in [0, 0.1) is 0 Å². The number of nitrogens with one attached hydrogen (secondary N) is 2. The summed E-state index contributed by atoms with van der Waals surface area (Å²) in [4.78, 5) is 26.6. The van der Waals surface area contributed by atoms with Crippen molar-refractivity contribution >= 4 is 23.2 Å². The Labute approximate surface area is 173 Å². The van der Waals surface area contributed by atoms with Gasteiger partial charge in [0.05, 0.1) is 30.9 Å². The molecule has 162 valence electrons. The van der Waals surface area contributed by atoms with Crippen LogP contribution in [-0.4, -0.2) is 43.0 Å². The number of ether oxygens (including phenoxy) is 1. The van der Waals surface area contributed by atoms with Crippen molar-refractivity contribution in [2.75, 3.05) is 30.8 Å². The predicted octanol–water partition coefficient (Wildman–Crippen LogP) is 4.00. The second-order valence-electron chi connectivity index (χ2n) is 6.55. The minimum atomic E-state index is -4.44. The van der Waals surface area contributed by atoms with Gasteiger partial charge in [-0.15, -0.1) is 0 Å². The molecule has 1 unspecified atom stereocenters. The summed E-state index contributed by atoms with van der Waals surface area (Å²) < 4.78 is 43.1. The number of rotatable bonds is 8. The van der Waals surface area contributed by atoms with Gasteiger partial charge < -0.3 is 15.4 Å². The van der Waals surface area contributed by atoms with Crippen LogP contribution in [0.2, 0.25) is 0 Å². The summed E-state index contributed by atoms with van der Waals surface area (Å²) in [7, 11) is 1.50. The number of benzene rings is 2. The first-order valence-corrected chi connectivity index (χ1v) is 9.30. The highest BCUT2D eigenvalue weighted by molar-refractivity contribution is 5.96. The Morgan fingerprint density at radius 2 is 1.70 bits per heavy atom. The molecule has 2 N–H and O–H groups in total. The highest BCUT2D eigenvalue weighted by atomic mass is 19.4. The van der Waals surface area contributed by atoms with Gasteiger partial charge in [-0.1, -0.05) is 19.1 Å². The lowest BCUT2D eigenvalue weighted by Crippen LogP contribution is -2.45. The zero-order valence-corrected chi connectivity index (χ0v) is 16.9. The molecular weight excluding hydrogens is 399 g/mol. The summed E-state index contributed by atoms with van der Waals surface area (Å²) in [5, 5.41) is 5.32. The first-order valence-electron chi connectivity index (χ1n) is 9.30. The summed E-state index contributed by atoms with van der Waals surface area (Å²) in [6, 6.07) is 10.5. The lowest BCUT2D eigenvalue weighted by Gasteiger charge is -2.26. The van der Waals surface area contributed by atoms with Crippen LogP contribution in [0.1, 0.15) is 19.4 Å². The van der Waals surface area contributed by atoms with Crippen molar-refractivity contribution in [3.05, 3.63) is 54.1 Å². The molecule has 2 aromatic carbocycles. The van der Waals surface area contributed by atoms with E-state index >= 15 is 0 Å². The number of carbonyl (C=O) groups is 2. The number of likely N-dealkylation sites (N-methyl/N-ethyl adjacent to an activating group) is 1. The minimum Gasteiger partial charge on any atom is -0.495 e. The molecule has 0 saturated carbocycles. The second kappa shape index (κ2) is 10.1. The molecule has 0 saturated heterocycles. The molecule has 0 fully saturated rings. The zero-order valence-electron chi connectivity index (χ0n) is 16.9. The van der Waals surface area contributed by atoms with E-state index in [9.17, 15) is 22.8 Å². The Bertz CT molecular complexity index is 870. The largest absolute Gasteiger partial charge is 0.495 e. The minimum absolute atomic E-state index is 0.0455. The standard InChI is InChI=1S/C21H24F3N3O3/c1-4-27(13-19(28)26-17-7-5-6-8-18(17)30-3)14(2)20(29)25-16-11-9-15(10-12-16)21(22,23)24/h5-12,14H,4,13H2,1-3H3,(H,25,29)(H,26,28). The van der Waals surface area contributed by atoms with Gasteiger partial charge in [-0.05, 0) is 49.9 Å². The first-order chi connectivity index (χ1) is 14.2. The van der Waals surface area contributed by atoms with E-state index in [0.717, 1.165) is 12.1 Å². The van der Waals surface area contributed by atoms with Crippen LogP contribution in [0.3, 0.4) is 0 Å². The van der Waals surface area contributed by atoms with Crippen molar-refractivity contribution in [2.45, 2.75) is 26.1 Å². The fourth-order valence-corrected chi connectivity index (χ4v) is 2.80. The van der Waals surface area contributed by atoms with Crippen LogP contribution in [0.5, 0.6) is 5.75 Å². The molecule has 0 aliphatic carbocycles. The van der Waals surface area contributed by atoms with Crippen molar-refractivity contribution in [1.29, 1.82) is 0 Å². The monoisotopic (exact) mass is 423 g/mol. The van der Waals surface area contributed by atoms with Crippen LogP contribution in [0.15, 0.2) is 48.5 Å². The second-order valence-corrected chi connectivity index (χ2v) is 6.55. The van der Waals surface area contributed by atoms with Crippen molar-refractivity contribution in [3.63, 3.8) is 0 Å². The Morgan fingerprint density at radius 1 is 1.07 bits per heavy atom. The summed E-state index contributed by atoms with van der Waals surface area (Å²) in [5.41, 5.74) is -0.0333. The molecule has 6 nitrogen and oxygen atoms in total. The Hall–Kier alpha value is -3.07. The third-order valence-corrected chi connectivity index (χ3v) is 4.54. The molecule has 1 atom stereocenters. The molecule has 0 aliphatic rings. The maximum atomic E-state index is 12.6. The maximum Gasteiger partial charge on any atom is 0.416 e. The van der Waals surface area contributed by atoms with Crippen molar-refractivity contribution in [1.82, 2.24) is 4.90 Å². The van der Waals surface area contributed by atoms with Crippen LogP contribution in [-0.2, 0) is 15.8 Å². The predicted molar refractivity (Wildman–Crippen MR) is 108 cm³/mol. The van der Waals surface area contributed by atoms with Gasteiger partial charge in [0.2, 0.25) is 11.8 Å². The molecule has 0 bridgehead atoms. The number of methoxy groups -OCH3 is 1. The molecule has 30 heavy (non-hydrogen) atoms.